The average molecular weight is 251 g/mol. The summed E-state index contributed by atoms with van der Waals surface area (Å²) in [5, 5.41) is 6.41. The molecule has 1 aliphatic rings. The minimum absolute atomic E-state index is 0.282. The third-order valence-corrected chi connectivity index (χ3v) is 3.13. The molecule has 2 heterocycles. The van der Waals surface area contributed by atoms with E-state index in [2.05, 4.69) is 15.4 Å². The Kier molecular flexibility index (Phi) is 3.06. The molecular formula is C11H17N5O2. The van der Waals surface area contributed by atoms with Crippen LogP contribution in [0.5, 0.6) is 0 Å². The van der Waals surface area contributed by atoms with Gasteiger partial charge in [0.15, 0.2) is 0 Å². The van der Waals surface area contributed by atoms with E-state index in [1.54, 1.807) is 18.5 Å². The summed E-state index contributed by atoms with van der Waals surface area (Å²) in [5.74, 6) is 0.406. The van der Waals surface area contributed by atoms with Gasteiger partial charge < -0.3 is 4.90 Å². The standard InChI is InChI=1S/C11H17N5O2/c1-4-5-16-8(12-7-13-16)6-15-10(18)14-9(17)11(15,2)3/h7H,4-6H2,1-3H3,(H,14,17,18). The Morgan fingerprint density at radius 2 is 2.11 bits per heavy atom. The fourth-order valence-electron chi connectivity index (χ4n) is 1.91. The van der Waals surface area contributed by atoms with Crippen molar-refractivity contribution in [2.45, 2.75) is 45.8 Å². The second kappa shape index (κ2) is 4.40. The molecular weight excluding hydrogens is 234 g/mol. The molecule has 1 aromatic heterocycles. The molecule has 98 valence electrons. The van der Waals surface area contributed by atoms with Gasteiger partial charge in [0, 0.05) is 6.54 Å². The van der Waals surface area contributed by atoms with Crippen molar-refractivity contribution in [1.82, 2.24) is 25.0 Å². The number of aromatic nitrogens is 3. The molecule has 0 saturated carbocycles. The summed E-state index contributed by atoms with van der Waals surface area (Å²) in [7, 11) is 0. The van der Waals surface area contributed by atoms with Crippen molar-refractivity contribution in [2.24, 2.45) is 0 Å². The quantitative estimate of drug-likeness (QED) is 0.791. The number of urea groups is 1. The second-order valence-corrected chi connectivity index (χ2v) is 4.80. The molecule has 1 aliphatic heterocycles. The van der Waals surface area contributed by atoms with Crippen molar-refractivity contribution in [3.8, 4) is 0 Å². The molecule has 1 fully saturated rings. The fourth-order valence-corrected chi connectivity index (χ4v) is 1.91. The number of rotatable bonds is 4. The predicted molar refractivity (Wildman–Crippen MR) is 63.5 cm³/mol. The van der Waals surface area contributed by atoms with Crippen molar-refractivity contribution in [3.05, 3.63) is 12.2 Å². The van der Waals surface area contributed by atoms with Crippen LogP contribution in [-0.4, -0.2) is 37.1 Å². The van der Waals surface area contributed by atoms with Crippen molar-refractivity contribution in [2.75, 3.05) is 0 Å². The number of hydrogen-bond acceptors (Lipinski definition) is 4. The molecule has 0 bridgehead atoms. The molecule has 3 amide bonds. The van der Waals surface area contributed by atoms with Crippen LogP contribution in [0.1, 0.15) is 33.0 Å². The van der Waals surface area contributed by atoms with E-state index in [4.69, 9.17) is 0 Å². The van der Waals surface area contributed by atoms with Gasteiger partial charge in [-0.15, -0.1) is 0 Å². The van der Waals surface area contributed by atoms with Crippen LogP contribution >= 0.6 is 0 Å². The lowest BCUT2D eigenvalue weighted by molar-refractivity contribution is -0.125. The number of carbonyl (C=O) groups is 2. The van der Waals surface area contributed by atoms with Crippen LogP contribution in [0.15, 0.2) is 6.33 Å². The molecule has 1 N–H and O–H groups in total. The maximum absolute atomic E-state index is 11.7. The van der Waals surface area contributed by atoms with Gasteiger partial charge in [0.05, 0.1) is 6.54 Å². The van der Waals surface area contributed by atoms with Crippen LogP contribution in [0.3, 0.4) is 0 Å². The molecule has 7 heteroatoms. The molecule has 0 aromatic carbocycles. The van der Waals surface area contributed by atoms with Crippen LogP contribution in [0.4, 0.5) is 4.79 Å². The van der Waals surface area contributed by atoms with E-state index in [1.165, 1.54) is 11.2 Å². The van der Waals surface area contributed by atoms with Gasteiger partial charge in [-0.05, 0) is 20.3 Å². The Hall–Kier alpha value is -1.92. The highest BCUT2D eigenvalue weighted by Gasteiger charge is 2.45. The largest absolute Gasteiger partial charge is 0.325 e. The normalized spacial score (nSPS) is 18.3. The van der Waals surface area contributed by atoms with Crippen LogP contribution < -0.4 is 5.32 Å². The van der Waals surface area contributed by atoms with E-state index in [9.17, 15) is 9.59 Å². The SMILES string of the molecule is CCCn1ncnc1CN1C(=O)NC(=O)C1(C)C. The van der Waals surface area contributed by atoms with Crippen molar-refractivity contribution < 1.29 is 9.59 Å². The molecule has 0 aliphatic carbocycles. The maximum atomic E-state index is 11.7. The molecule has 0 radical (unpaired) electrons. The fraction of sp³-hybridized carbons (Fsp3) is 0.636. The van der Waals surface area contributed by atoms with E-state index < -0.39 is 5.54 Å². The summed E-state index contributed by atoms with van der Waals surface area (Å²) in [6.45, 7) is 6.51. The van der Waals surface area contributed by atoms with Gasteiger partial charge in [0.1, 0.15) is 17.7 Å². The van der Waals surface area contributed by atoms with Gasteiger partial charge in [0.25, 0.3) is 5.91 Å². The third kappa shape index (κ3) is 1.96. The first-order chi connectivity index (χ1) is 8.46. The Bertz CT molecular complexity index is 480. The maximum Gasteiger partial charge on any atom is 0.325 e. The lowest BCUT2D eigenvalue weighted by Crippen LogP contribution is -2.44. The van der Waals surface area contributed by atoms with E-state index in [0.717, 1.165) is 13.0 Å². The summed E-state index contributed by atoms with van der Waals surface area (Å²) < 4.78 is 1.76. The first kappa shape index (κ1) is 12.5. The Balaban J connectivity index is 2.20. The predicted octanol–water partition coefficient (Wildman–Crippen LogP) is 0.518. The van der Waals surface area contributed by atoms with Gasteiger partial charge in [0.2, 0.25) is 0 Å². The van der Waals surface area contributed by atoms with Gasteiger partial charge >= 0.3 is 6.03 Å². The molecule has 2 rings (SSSR count). The molecule has 18 heavy (non-hydrogen) atoms. The van der Waals surface area contributed by atoms with Crippen LogP contribution in [-0.2, 0) is 17.9 Å². The monoisotopic (exact) mass is 251 g/mol. The van der Waals surface area contributed by atoms with Crippen LogP contribution in [0.2, 0.25) is 0 Å². The van der Waals surface area contributed by atoms with Gasteiger partial charge in [-0.3, -0.25) is 10.1 Å². The summed E-state index contributed by atoms with van der Waals surface area (Å²) in [5.41, 5.74) is -0.847. The van der Waals surface area contributed by atoms with Gasteiger partial charge in [-0.25, -0.2) is 14.5 Å². The topological polar surface area (TPSA) is 80.1 Å². The molecule has 0 unspecified atom stereocenters. The number of amides is 3. The highest BCUT2D eigenvalue weighted by molar-refractivity contribution is 6.06. The minimum atomic E-state index is -0.847. The first-order valence-corrected chi connectivity index (χ1v) is 5.96. The summed E-state index contributed by atoms with van der Waals surface area (Å²) in [6, 6.07) is -0.379. The lowest BCUT2D eigenvalue weighted by Gasteiger charge is -2.27. The minimum Gasteiger partial charge on any atom is -0.303 e. The average Bonchev–Trinajstić information content (AvgIpc) is 2.79. The van der Waals surface area contributed by atoms with E-state index in [0.29, 0.717) is 5.82 Å². The smallest absolute Gasteiger partial charge is 0.303 e. The van der Waals surface area contributed by atoms with E-state index in [-0.39, 0.29) is 18.5 Å². The number of imide groups is 1. The Morgan fingerprint density at radius 1 is 1.39 bits per heavy atom. The zero-order valence-corrected chi connectivity index (χ0v) is 10.8. The van der Waals surface area contributed by atoms with Crippen molar-refractivity contribution >= 4 is 11.9 Å². The number of nitrogens with zero attached hydrogens (tertiary/aromatic N) is 4. The summed E-state index contributed by atoms with van der Waals surface area (Å²) >= 11 is 0. The molecule has 7 nitrogen and oxygen atoms in total. The molecule has 1 aromatic rings. The third-order valence-electron chi connectivity index (χ3n) is 3.13. The highest BCUT2D eigenvalue weighted by atomic mass is 16.2. The Morgan fingerprint density at radius 3 is 2.67 bits per heavy atom. The van der Waals surface area contributed by atoms with Crippen LogP contribution in [0, 0.1) is 0 Å². The number of aryl methyl sites for hydroxylation is 1. The van der Waals surface area contributed by atoms with Crippen molar-refractivity contribution in [3.63, 3.8) is 0 Å². The van der Waals surface area contributed by atoms with E-state index in [1.807, 2.05) is 6.92 Å². The molecule has 1 saturated heterocycles. The van der Waals surface area contributed by atoms with Crippen LogP contribution in [0.25, 0.3) is 0 Å². The number of carbonyl (C=O) groups excluding carboxylic acids is 2. The van der Waals surface area contributed by atoms with E-state index >= 15 is 0 Å². The van der Waals surface area contributed by atoms with Gasteiger partial charge in [-0.2, -0.15) is 5.10 Å². The summed E-state index contributed by atoms with van der Waals surface area (Å²) in [4.78, 5) is 29.0. The zero-order valence-electron chi connectivity index (χ0n) is 10.8. The van der Waals surface area contributed by atoms with Crippen molar-refractivity contribution in [1.29, 1.82) is 0 Å². The molecule has 0 spiro atoms. The second-order valence-electron chi connectivity index (χ2n) is 4.80. The number of nitrogens with one attached hydrogen (secondary N) is 1. The zero-order chi connectivity index (χ0) is 13.3. The lowest BCUT2D eigenvalue weighted by atomic mass is 10.0. The van der Waals surface area contributed by atoms with Gasteiger partial charge in [-0.1, -0.05) is 6.92 Å². The highest BCUT2D eigenvalue weighted by Crippen LogP contribution is 2.22. The first-order valence-electron chi connectivity index (χ1n) is 5.96. The summed E-state index contributed by atoms with van der Waals surface area (Å²) in [6.07, 6.45) is 2.40. The Labute approximate surface area is 105 Å². The number of hydrogen-bond donors (Lipinski definition) is 1. The molecule has 0 atom stereocenters.